The molecule has 2 heterocycles. The number of aliphatic hydroxyl groups is 1. The standard InChI is InChI=1S/C20H34N2O4S/c1-19(21-17(24)15-6-4-3-5-7-15)10-13-26-20(18(19)25)8-11-22(12-9-20)16(23)14-27-2/h15,18,25H,3-14H2,1-2H3,(H,21,24)/t18-,19+/m0/s1. The van der Waals surface area contributed by atoms with E-state index in [2.05, 4.69) is 5.32 Å². The van der Waals surface area contributed by atoms with Crippen molar-refractivity contribution in [1.29, 1.82) is 0 Å². The van der Waals surface area contributed by atoms with Crippen molar-refractivity contribution in [3.63, 3.8) is 0 Å². The van der Waals surface area contributed by atoms with E-state index in [9.17, 15) is 14.7 Å². The van der Waals surface area contributed by atoms with Crippen LogP contribution in [0.5, 0.6) is 0 Å². The molecule has 0 bridgehead atoms. The lowest BCUT2D eigenvalue weighted by Crippen LogP contribution is -2.69. The molecule has 2 amide bonds. The van der Waals surface area contributed by atoms with Crippen molar-refractivity contribution in [3.05, 3.63) is 0 Å². The van der Waals surface area contributed by atoms with E-state index in [4.69, 9.17) is 4.74 Å². The van der Waals surface area contributed by atoms with Gasteiger partial charge in [0.1, 0.15) is 6.10 Å². The van der Waals surface area contributed by atoms with Gasteiger partial charge in [-0.2, -0.15) is 11.8 Å². The van der Waals surface area contributed by atoms with E-state index in [1.54, 1.807) is 0 Å². The van der Waals surface area contributed by atoms with Gasteiger partial charge in [-0.05, 0) is 45.3 Å². The molecule has 2 saturated heterocycles. The molecule has 3 fully saturated rings. The summed E-state index contributed by atoms with van der Waals surface area (Å²) in [6.07, 6.45) is 8.36. The van der Waals surface area contributed by atoms with Crippen molar-refractivity contribution in [2.45, 2.75) is 75.5 Å². The summed E-state index contributed by atoms with van der Waals surface area (Å²) in [4.78, 5) is 26.8. The van der Waals surface area contributed by atoms with Gasteiger partial charge < -0.3 is 20.1 Å². The Hall–Kier alpha value is -0.790. The van der Waals surface area contributed by atoms with Crippen LogP contribution in [0.4, 0.5) is 0 Å². The summed E-state index contributed by atoms with van der Waals surface area (Å²) in [6, 6.07) is 0. The Kier molecular flexibility index (Phi) is 6.75. The number of nitrogens with zero attached hydrogens (tertiary/aromatic N) is 1. The molecule has 2 N–H and O–H groups in total. The molecule has 0 aromatic rings. The molecule has 7 heteroatoms. The Bertz CT molecular complexity index is 544. The number of hydrogen-bond acceptors (Lipinski definition) is 5. The Morgan fingerprint density at radius 3 is 2.48 bits per heavy atom. The van der Waals surface area contributed by atoms with Gasteiger partial charge in [0.2, 0.25) is 11.8 Å². The number of rotatable bonds is 4. The topological polar surface area (TPSA) is 78.9 Å². The first kappa shape index (κ1) is 20.9. The van der Waals surface area contributed by atoms with Crippen LogP contribution in [0.25, 0.3) is 0 Å². The predicted molar refractivity (Wildman–Crippen MR) is 107 cm³/mol. The largest absolute Gasteiger partial charge is 0.388 e. The molecule has 27 heavy (non-hydrogen) atoms. The zero-order chi connectivity index (χ0) is 19.5. The molecule has 3 rings (SSSR count). The Balaban J connectivity index is 1.63. The van der Waals surface area contributed by atoms with Crippen LogP contribution in [0.3, 0.4) is 0 Å². The number of carbonyl (C=O) groups excluding carboxylic acids is 2. The van der Waals surface area contributed by atoms with E-state index in [-0.39, 0.29) is 17.7 Å². The third kappa shape index (κ3) is 4.46. The van der Waals surface area contributed by atoms with Gasteiger partial charge in [-0.1, -0.05) is 19.3 Å². The van der Waals surface area contributed by atoms with Crippen molar-refractivity contribution < 1.29 is 19.4 Å². The van der Waals surface area contributed by atoms with Crippen LogP contribution < -0.4 is 5.32 Å². The number of ether oxygens (including phenoxy) is 1. The van der Waals surface area contributed by atoms with Crippen LogP contribution in [0.2, 0.25) is 0 Å². The molecular formula is C20H34N2O4S. The summed E-state index contributed by atoms with van der Waals surface area (Å²) in [5, 5.41) is 14.4. The lowest BCUT2D eigenvalue weighted by atomic mass is 9.72. The minimum absolute atomic E-state index is 0.0765. The van der Waals surface area contributed by atoms with Crippen LogP contribution in [-0.4, -0.2) is 70.8 Å². The minimum atomic E-state index is -0.760. The zero-order valence-corrected chi connectivity index (χ0v) is 17.5. The maximum atomic E-state index is 12.8. The number of carbonyl (C=O) groups is 2. The number of hydrogen-bond donors (Lipinski definition) is 2. The summed E-state index contributed by atoms with van der Waals surface area (Å²) in [5.74, 6) is 0.801. The second kappa shape index (κ2) is 8.70. The first-order chi connectivity index (χ1) is 12.9. The Labute approximate surface area is 166 Å². The fourth-order valence-electron chi connectivity index (χ4n) is 4.91. The maximum absolute atomic E-state index is 12.8. The third-order valence-electron chi connectivity index (χ3n) is 6.73. The number of aliphatic hydroxyl groups excluding tert-OH is 1. The SMILES string of the molecule is CSCC(=O)N1CCC2(CC1)OCC[C@@](C)(NC(=O)C1CCCCC1)[C@@H]2O. The van der Waals surface area contributed by atoms with Crippen LogP contribution in [0.1, 0.15) is 58.3 Å². The smallest absolute Gasteiger partial charge is 0.232 e. The normalized spacial score (nSPS) is 31.7. The van der Waals surface area contributed by atoms with Gasteiger partial charge in [0.15, 0.2) is 0 Å². The highest BCUT2D eigenvalue weighted by Crippen LogP contribution is 2.40. The van der Waals surface area contributed by atoms with E-state index < -0.39 is 17.2 Å². The van der Waals surface area contributed by atoms with E-state index in [0.29, 0.717) is 44.7 Å². The summed E-state index contributed by atoms with van der Waals surface area (Å²) in [6.45, 7) is 3.68. The average Bonchev–Trinajstić information content (AvgIpc) is 2.68. The molecule has 1 spiro atoms. The molecular weight excluding hydrogens is 364 g/mol. The van der Waals surface area contributed by atoms with Crippen LogP contribution in [0, 0.1) is 5.92 Å². The monoisotopic (exact) mass is 398 g/mol. The number of nitrogens with one attached hydrogen (secondary N) is 1. The highest BCUT2D eigenvalue weighted by atomic mass is 32.2. The maximum Gasteiger partial charge on any atom is 0.232 e. The number of piperidine rings is 1. The summed E-state index contributed by atoms with van der Waals surface area (Å²) in [7, 11) is 0. The molecule has 1 aliphatic carbocycles. The van der Waals surface area contributed by atoms with Gasteiger partial charge in [-0.25, -0.2) is 0 Å². The highest BCUT2D eigenvalue weighted by molar-refractivity contribution is 7.99. The van der Waals surface area contributed by atoms with Crippen LogP contribution >= 0.6 is 11.8 Å². The molecule has 6 nitrogen and oxygen atoms in total. The quantitative estimate of drug-likeness (QED) is 0.757. The van der Waals surface area contributed by atoms with Gasteiger partial charge in [0.05, 0.1) is 16.9 Å². The Morgan fingerprint density at radius 2 is 1.85 bits per heavy atom. The van der Waals surface area contributed by atoms with E-state index in [0.717, 1.165) is 25.7 Å². The second-order valence-electron chi connectivity index (χ2n) is 8.62. The minimum Gasteiger partial charge on any atom is -0.388 e. The fourth-order valence-corrected chi connectivity index (χ4v) is 5.34. The molecule has 2 atom stereocenters. The van der Waals surface area contributed by atoms with Crippen molar-refractivity contribution >= 4 is 23.6 Å². The van der Waals surface area contributed by atoms with Gasteiger partial charge in [-0.15, -0.1) is 0 Å². The van der Waals surface area contributed by atoms with Gasteiger partial charge in [-0.3, -0.25) is 9.59 Å². The first-order valence-corrected chi connectivity index (χ1v) is 11.7. The first-order valence-electron chi connectivity index (χ1n) is 10.3. The van der Waals surface area contributed by atoms with E-state index >= 15 is 0 Å². The number of thioether (sulfide) groups is 1. The Morgan fingerprint density at radius 1 is 1.19 bits per heavy atom. The molecule has 154 valence electrons. The average molecular weight is 399 g/mol. The summed E-state index contributed by atoms with van der Waals surface area (Å²) < 4.78 is 6.08. The zero-order valence-electron chi connectivity index (χ0n) is 16.7. The lowest BCUT2D eigenvalue weighted by Gasteiger charge is -2.53. The van der Waals surface area contributed by atoms with Crippen molar-refractivity contribution in [2.24, 2.45) is 5.92 Å². The van der Waals surface area contributed by atoms with Crippen LogP contribution in [0.15, 0.2) is 0 Å². The number of amides is 2. The summed E-state index contributed by atoms with van der Waals surface area (Å²) >= 11 is 1.53. The predicted octanol–water partition coefficient (Wildman–Crippen LogP) is 1.95. The van der Waals surface area contributed by atoms with Gasteiger partial charge in [0, 0.05) is 25.6 Å². The molecule has 0 aromatic heterocycles. The molecule has 2 aliphatic heterocycles. The van der Waals surface area contributed by atoms with Crippen molar-refractivity contribution in [3.8, 4) is 0 Å². The van der Waals surface area contributed by atoms with E-state index in [1.165, 1.54) is 18.2 Å². The molecule has 1 saturated carbocycles. The molecule has 3 aliphatic rings. The van der Waals surface area contributed by atoms with E-state index in [1.807, 2.05) is 18.1 Å². The van der Waals surface area contributed by atoms with Gasteiger partial charge >= 0.3 is 0 Å². The molecule has 0 unspecified atom stereocenters. The second-order valence-corrected chi connectivity index (χ2v) is 9.49. The fraction of sp³-hybridized carbons (Fsp3) is 0.900. The molecule has 0 aromatic carbocycles. The van der Waals surface area contributed by atoms with Crippen molar-refractivity contribution in [2.75, 3.05) is 31.7 Å². The third-order valence-corrected chi connectivity index (χ3v) is 7.26. The number of likely N-dealkylation sites (tertiary alicyclic amines) is 1. The lowest BCUT2D eigenvalue weighted by molar-refractivity contribution is -0.208. The van der Waals surface area contributed by atoms with Gasteiger partial charge in [0.25, 0.3) is 0 Å². The van der Waals surface area contributed by atoms with Crippen molar-refractivity contribution in [1.82, 2.24) is 10.2 Å². The summed E-state index contributed by atoms with van der Waals surface area (Å²) in [5.41, 5.74) is -1.33. The van der Waals surface area contributed by atoms with Crippen LogP contribution in [-0.2, 0) is 14.3 Å². The highest BCUT2D eigenvalue weighted by Gasteiger charge is 2.54. The molecule has 0 radical (unpaired) electrons.